The SMILES string of the molecule is CCN(c1ccccc1)c1cc(C)nc(Nc2ccccc2C(F)(F)F)n1. The molecule has 0 aliphatic carbocycles. The number of hydrogen-bond acceptors (Lipinski definition) is 4. The molecule has 0 bridgehead atoms. The van der Waals surface area contributed by atoms with Gasteiger partial charge in [0.25, 0.3) is 0 Å². The molecule has 2 aromatic carbocycles. The molecule has 140 valence electrons. The Morgan fingerprint density at radius 3 is 2.30 bits per heavy atom. The minimum Gasteiger partial charge on any atom is -0.326 e. The van der Waals surface area contributed by atoms with Crippen LogP contribution in [0, 0.1) is 6.92 Å². The Morgan fingerprint density at radius 1 is 0.963 bits per heavy atom. The van der Waals surface area contributed by atoms with Crippen molar-refractivity contribution in [1.82, 2.24) is 9.97 Å². The second kappa shape index (κ2) is 7.65. The van der Waals surface area contributed by atoms with Gasteiger partial charge in [-0.15, -0.1) is 0 Å². The Bertz CT molecular complexity index is 911. The summed E-state index contributed by atoms with van der Waals surface area (Å²) in [6, 6.07) is 16.8. The number of aromatic nitrogens is 2. The number of nitrogens with zero attached hydrogens (tertiary/aromatic N) is 3. The monoisotopic (exact) mass is 372 g/mol. The third-order valence-corrected chi connectivity index (χ3v) is 3.98. The highest BCUT2D eigenvalue weighted by Gasteiger charge is 2.33. The fraction of sp³-hybridized carbons (Fsp3) is 0.200. The number of rotatable bonds is 5. The molecule has 0 atom stereocenters. The predicted octanol–water partition coefficient (Wildman–Crippen LogP) is 5.71. The van der Waals surface area contributed by atoms with Crippen molar-refractivity contribution in [3.63, 3.8) is 0 Å². The van der Waals surface area contributed by atoms with E-state index in [1.54, 1.807) is 13.0 Å². The second-order valence-electron chi connectivity index (χ2n) is 5.94. The maximum Gasteiger partial charge on any atom is 0.418 e. The minimum absolute atomic E-state index is 0.0793. The zero-order chi connectivity index (χ0) is 19.4. The Hall–Kier alpha value is -3.09. The lowest BCUT2D eigenvalue weighted by Crippen LogP contribution is -2.18. The van der Waals surface area contributed by atoms with Crippen LogP contribution in [0.15, 0.2) is 60.7 Å². The van der Waals surface area contributed by atoms with Crippen molar-refractivity contribution in [2.24, 2.45) is 0 Å². The molecule has 27 heavy (non-hydrogen) atoms. The highest BCUT2D eigenvalue weighted by atomic mass is 19.4. The number of halogens is 3. The van der Waals surface area contributed by atoms with E-state index in [9.17, 15) is 13.2 Å². The van der Waals surface area contributed by atoms with Gasteiger partial charge in [0.1, 0.15) is 5.82 Å². The summed E-state index contributed by atoms with van der Waals surface area (Å²) in [5.41, 5.74) is 0.762. The maximum absolute atomic E-state index is 13.2. The normalized spacial score (nSPS) is 11.3. The van der Waals surface area contributed by atoms with Gasteiger partial charge in [0, 0.05) is 24.0 Å². The van der Waals surface area contributed by atoms with Gasteiger partial charge in [0.2, 0.25) is 5.95 Å². The number of anilines is 4. The van der Waals surface area contributed by atoms with Gasteiger partial charge in [-0.25, -0.2) is 4.98 Å². The lowest BCUT2D eigenvalue weighted by Gasteiger charge is -2.23. The van der Waals surface area contributed by atoms with E-state index in [4.69, 9.17) is 0 Å². The van der Waals surface area contributed by atoms with Crippen molar-refractivity contribution >= 4 is 23.1 Å². The fourth-order valence-electron chi connectivity index (χ4n) is 2.79. The number of aryl methyl sites for hydroxylation is 1. The van der Waals surface area contributed by atoms with Gasteiger partial charge in [0.05, 0.1) is 11.3 Å². The second-order valence-corrected chi connectivity index (χ2v) is 5.94. The van der Waals surface area contributed by atoms with E-state index in [1.807, 2.05) is 42.2 Å². The van der Waals surface area contributed by atoms with Crippen LogP contribution in [0.25, 0.3) is 0 Å². The standard InChI is InChI=1S/C20H19F3N4/c1-3-27(15-9-5-4-6-10-15)18-13-14(2)24-19(26-18)25-17-12-8-7-11-16(17)20(21,22)23/h4-13H,3H2,1-2H3,(H,24,25,26). The molecule has 0 saturated carbocycles. The molecule has 0 amide bonds. The van der Waals surface area contributed by atoms with Crippen molar-refractivity contribution in [1.29, 1.82) is 0 Å². The zero-order valence-electron chi connectivity index (χ0n) is 15.0. The molecule has 0 aliphatic rings. The molecule has 0 saturated heterocycles. The molecular formula is C20H19F3N4. The molecule has 0 unspecified atom stereocenters. The van der Waals surface area contributed by atoms with E-state index in [1.165, 1.54) is 18.2 Å². The summed E-state index contributed by atoms with van der Waals surface area (Å²) in [6.07, 6.45) is -4.46. The van der Waals surface area contributed by atoms with Gasteiger partial charge in [-0.2, -0.15) is 18.2 Å². The lowest BCUT2D eigenvalue weighted by atomic mass is 10.1. The van der Waals surface area contributed by atoms with E-state index in [0.29, 0.717) is 18.1 Å². The van der Waals surface area contributed by atoms with Crippen LogP contribution in [0.2, 0.25) is 0 Å². The van der Waals surface area contributed by atoms with E-state index in [2.05, 4.69) is 15.3 Å². The number of nitrogens with one attached hydrogen (secondary N) is 1. The Labute approximate surface area is 155 Å². The Balaban J connectivity index is 1.98. The first-order chi connectivity index (χ1) is 12.9. The largest absolute Gasteiger partial charge is 0.418 e. The number of alkyl halides is 3. The topological polar surface area (TPSA) is 41.1 Å². The van der Waals surface area contributed by atoms with Crippen LogP contribution in [-0.4, -0.2) is 16.5 Å². The molecule has 0 fully saturated rings. The van der Waals surface area contributed by atoms with E-state index in [0.717, 1.165) is 11.8 Å². The zero-order valence-corrected chi connectivity index (χ0v) is 15.0. The van der Waals surface area contributed by atoms with Crippen molar-refractivity contribution in [3.05, 3.63) is 71.9 Å². The quantitative estimate of drug-likeness (QED) is 0.623. The average Bonchev–Trinajstić information content (AvgIpc) is 2.62. The van der Waals surface area contributed by atoms with Gasteiger partial charge >= 0.3 is 6.18 Å². The van der Waals surface area contributed by atoms with E-state index >= 15 is 0 Å². The molecule has 1 heterocycles. The van der Waals surface area contributed by atoms with Crippen LogP contribution < -0.4 is 10.2 Å². The third kappa shape index (κ3) is 4.36. The molecule has 0 spiro atoms. The van der Waals surface area contributed by atoms with Crippen molar-refractivity contribution in [2.45, 2.75) is 20.0 Å². The maximum atomic E-state index is 13.2. The summed E-state index contributed by atoms with van der Waals surface area (Å²) in [5, 5.41) is 2.72. The molecule has 3 rings (SSSR count). The molecule has 1 aromatic heterocycles. The highest BCUT2D eigenvalue weighted by Crippen LogP contribution is 2.35. The lowest BCUT2D eigenvalue weighted by molar-refractivity contribution is -0.136. The first-order valence-corrected chi connectivity index (χ1v) is 8.50. The van der Waals surface area contributed by atoms with Crippen molar-refractivity contribution in [3.8, 4) is 0 Å². The van der Waals surface area contributed by atoms with Crippen LogP contribution in [0.5, 0.6) is 0 Å². The molecule has 1 N–H and O–H groups in total. The number of benzene rings is 2. The van der Waals surface area contributed by atoms with Gasteiger partial charge in [0.15, 0.2) is 0 Å². The molecule has 4 nitrogen and oxygen atoms in total. The summed E-state index contributed by atoms with van der Waals surface area (Å²) >= 11 is 0. The molecule has 0 aliphatic heterocycles. The van der Waals surface area contributed by atoms with Crippen LogP contribution in [0.1, 0.15) is 18.2 Å². The number of hydrogen-bond donors (Lipinski definition) is 1. The van der Waals surface area contributed by atoms with Gasteiger partial charge in [-0.05, 0) is 38.1 Å². The molecule has 3 aromatic rings. The van der Waals surface area contributed by atoms with Crippen molar-refractivity contribution < 1.29 is 13.2 Å². The van der Waals surface area contributed by atoms with Crippen molar-refractivity contribution in [2.75, 3.05) is 16.8 Å². The minimum atomic E-state index is -4.46. The summed E-state index contributed by atoms with van der Waals surface area (Å²) < 4.78 is 39.7. The van der Waals surface area contributed by atoms with Gasteiger partial charge in [-0.3, -0.25) is 0 Å². The predicted molar refractivity (Wildman–Crippen MR) is 101 cm³/mol. The first-order valence-electron chi connectivity index (χ1n) is 8.50. The van der Waals surface area contributed by atoms with E-state index in [-0.39, 0.29) is 11.6 Å². The Kier molecular flexibility index (Phi) is 5.30. The summed E-state index contributed by atoms with van der Waals surface area (Å²) in [6.45, 7) is 4.42. The van der Waals surface area contributed by atoms with Crippen LogP contribution in [0.3, 0.4) is 0 Å². The summed E-state index contributed by atoms with van der Waals surface area (Å²) in [4.78, 5) is 10.7. The summed E-state index contributed by atoms with van der Waals surface area (Å²) in [7, 11) is 0. The van der Waals surface area contributed by atoms with Crippen LogP contribution in [-0.2, 0) is 6.18 Å². The smallest absolute Gasteiger partial charge is 0.326 e. The third-order valence-electron chi connectivity index (χ3n) is 3.98. The average molecular weight is 372 g/mol. The first kappa shape index (κ1) is 18.7. The Morgan fingerprint density at radius 2 is 1.63 bits per heavy atom. The van der Waals surface area contributed by atoms with Gasteiger partial charge in [-0.1, -0.05) is 30.3 Å². The van der Waals surface area contributed by atoms with Crippen LogP contribution in [0.4, 0.5) is 36.3 Å². The van der Waals surface area contributed by atoms with Crippen LogP contribution >= 0.6 is 0 Å². The van der Waals surface area contributed by atoms with E-state index < -0.39 is 11.7 Å². The number of para-hydroxylation sites is 2. The molecular weight excluding hydrogens is 353 g/mol. The molecule has 7 heteroatoms. The highest BCUT2D eigenvalue weighted by molar-refractivity contribution is 5.64. The van der Waals surface area contributed by atoms with Gasteiger partial charge < -0.3 is 10.2 Å². The summed E-state index contributed by atoms with van der Waals surface area (Å²) in [5.74, 6) is 0.735. The molecule has 0 radical (unpaired) electrons. The fourth-order valence-corrected chi connectivity index (χ4v) is 2.79.